The minimum absolute atomic E-state index is 0.830. The highest BCUT2D eigenvalue weighted by Gasteiger charge is 1.90. The van der Waals surface area contributed by atoms with Crippen LogP contribution in [0.25, 0.3) is 0 Å². The summed E-state index contributed by atoms with van der Waals surface area (Å²) in [5.41, 5.74) is 0. The fraction of sp³-hybridized carbons (Fsp3) is 0.750. The van der Waals surface area contributed by atoms with Crippen molar-refractivity contribution in [3.8, 4) is 0 Å². The molecule has 100 valence electrons. The Kier molecular flexibility index (Phi) is 15.6. The first-order valence-corrected chi connectivity index (χ1v) is 7.77. The van der Waals surface area contributed by atoms with Gasteiger partial charge in [0.1, 0.15) is 0 Å². The van der Waals surface area contributed by atoms with Crippen LogP contribution in [-0.4, -0.2) is 5.88 Å². The van der Waals surface area contributed by atoms with Gasteiger partial charge in [0.15, 0.2) is 0 Å². The van der Waals surface area contributed by atoms with Crippen LogP contribution in [0.3, 0.4) is 0 Å². The maximum absolute atomic E-state index is 5.63. The van der Waals surface area contributed by atoms with E-state index in [0.717, 1.165) is 12.3 Å². The molecule has 0 fully saturated rings. The molecule has 0 aliphatic rings. The van der Waals surface area contributed by atoms with Crippen LogP contribution in [0.4, 0.5) is 0 Å². The molecule has 0 N–H and O–H groups in total. The number of unbranched alkanes of at least 4 members (excludes halogenated alkanes) is 9. The van der Waals surface area contributed by atoms with E-state index in [9.17, 15) is 0 Å². The lowest BCUT2D eigenvalue weighted by atomic mass is 10.1. The monoisotopic (exact) mass is 256 g/mol. The second kappa shape index (κ2) is 15.8. The lowest BCUT2D eigenvalue weighted by Crippen LogP contribution is -1.81. The molecule has 0 aromatic rings. The Labute approximate surface area is 113 Å². The average Bonchev–Trinajstić information content (AvgIpc) is 2.35. The molecule has 0 radical (unpaired) electrons. The van der Waals surface area contributed by atoms with E-state index in [2.05, 4.69) is 18.7 Å². The van der Waals surface area contributed by atoms with Gasteiger partial charge in [0.05, 0.1) is 0 Å². The van der Waals surface area contributed by atoms with Gasteiger partial charge >= 0.3 is 0 Å². The van der Waals surface area contributed by atoms with Crippen molar-refractivity contribution in [1.82, 2.24) is 0 Å². The van der Waals surface area contributed by atoms with Gasteiger partial charge in [0.2, 0.25) is 0 Å². The molecule has 0 nitrogen and oxygen atoms in total. The standard InChI is InChI=1S/C16H29Cl/c1-2-3-4-5-6-7-8-9-10-11-12-13-14-15-16-17/h2,6-7H,1,3-5,8-16H2. The summed E-state index contributed by atoms with van der Waals surface area (Å²) in [7, 11) is 0. The largest absolute Gasteiger partial charge is 0.127 e. The van der Waals surface area contributed by atoms with Crippen LogP contribution in [0.1, 0.15) is 70.6 Å². The van der Waals surface area contributed by atoms with Crippen molar-refractivity contribution in [3.63, 3.8) is 0 Å². The highest BCUT2D eigenvalue weighted by atomic mass is 35.5. The Morgan fingerprint density at radius 3 is 1.76 bits per heavy atom. The van der Waals surface area contributed by atoms with Crippen molar-refractivity contribution < 1.29 is 0 Å². The predicted octanol–water partition coefficient (Wildman–Crippen LogP) is 6.26. The molecule has 0 aromatic heterocycles. The molecule has 1 heteroatoms. The van der Waals surface area contributed by atoms with Gasteiger partial charge < -0.3 is 0 Å². The Hall–Kier alpha value is -0.230. The highest BCUT2D eigenvalue weighted by molar-refractivity contribution is 6.17. The molecular weight excluding hydrogens is 228 g/mol. The van der Waals surface area contributed by atoms with Gasteiger partial charge in [-0.15, -0.1) is 18.2 Å². The summed E-state index contributed by atoms with van der Waals surface area (Å²) >= 11 is 5.63. The smallest absolute Gasteiger partial charge is 0.0223 e. The molecule has 0 aromatic carbocycles. The summed E-state index contributed by atoms with van der Waals surface area (Å²) in [5.74, 6) is 0.830. The van der Waals surface area contributed by atoms with Gasteiger partial charge in [0.25, 0.3) is 0 Å². The van der Waals surface area contributed by atoms with Crippen molar-refractivity contribution >= 4 is 11.6 Å². The Morgan fingerprint density at radius 1 is 0.647 bits per heavy atom. The second-order valence-corrected chi connectivity index (χ2v) is 5.02. The minimum atomic E-state index is 0.830. The van der Waals surface area contributed by atoms with Gasteiger partial charge in [0, 0.05) is 5.88 Å². The number of hydrogen-bond donors (Lipinski definition) is 0. The van der Waals surface area contributed by atoms with E-state index in [1.807, 2.05) is 6.08 Å². The molecule has 0 rings (SSSR count). The summed E-state index contributed by atoms with van der Waals surface area (Å²) in [4.78, 5) is 0. The number of hydrogen-bond acceptors (Lipinski definition) is 0. The molecule has 0 unspecified atom stereocenters. The van der Waals surface area contributed by atoms with Crippen molar-refractivity contribution in [2.45, 2.75) is 70.6 Å². The zero-order valence-corrected chi connectivity index (χ0v) is 12.1. The van der Waals surface area contributed by atoms with Crippen LogP contribution in [-0.2, 0) is 0 Å². The zero-order valence-electron chi connectivity index (χ0n) is 11.3. The van der Waals surface area contributed by atoms with Crippen molar-refractivity contribution in [2.75, 3.05) is 5.88 Å². The fourth-order valence-electron chi connectivity index (χ4n) is 1.86. The lowest BCUT2D eigenvalue weighted by molar-refractivity contribution is 0.593. The third-order valence-corrected chi connectivity index (χ3v) is 3.22. The molecule has 17 heavy (non-hydrogen) atoms. The number of halogens is 1. The van der Waals surface area contributed by atoms with E-state index in [4.69, 9.17) is 11.6 Å². The minimum Gasteiger partial charge on any atom is -0.127 e. The predicted molar refractivity (Wildman–Crippen MR) is 80.8 cm³/mol. The van der Waals surface area contributed by atoms with Crippen molar-refractivity contribution in [3.05, 3.63) is 24.8 Å². The third-order valence-electron chi connectivity index (χ3n) is 2.95. The Balaban J connectivity index is 3.00. The zero-order chi connectivity index (χ0) is 12.6. The van der Waals surface area contributed by atoms with E-state index in [1.54, 1.807) is 0 Å². The fourth-order valence-corrected chi connectivity index (χ4v) is 2.05. The van der Waals surface area contributed by atoms with E-state index in [1.165, 1.54) is 64.2 Å². The van der Waals surface area contributed by atoms with Gasteiger partial charge in [-0.25, -0.2) is 0 Å². The number of alkyl halides is 1. The molecule has 0 spiro atoms. The van der Waals surface area contributed by atoms with Gasteiger partial charge in [-0.3, -0.25) is 0 Å². The maximum Gasteiger partial charge on any atom is 0.0223 e. The maximum atomic E-state index is 5.63. The topological polar surface area (TPSA) is 0 Å². The molecule has 0 bridgehead atoms. The Morgan fingerprint density at radius 2 is 1.18 bits per heavy atom. The molecule has 0 amide bonds. The first-order chi connectivity index (χ1) is 8.41. The van der Waals surface area contributed by atoms with E-state index in [-0.39, 0.29) is 0 Å². The molecule has 0 aliphatic heterocycles. The molecule has 0 saturated carbocycles. The Bertz CT molecular complexity index is 172. The first kappa shape index (κ1) is 16.8. The molecular formula is C16H29Cl. The van der Waals surface area contributed by atoms with Crippen LogP contribution < -0.4 is 0 Å². The number of allylic oxidation sites excluding steroid dienone is 3. The quantitative estimate of drug-likeness (QED) is 0.207. The number of rotatable bonds is 13. The average molecular weight is 257 g/mol. The van der Waals surface area contributed by atoms with Crippen molar-refractivity contribution in [1.29, 1.82) is 0 Å². The summed E-state index contributed by atoms with van der Waals surface area (Å²) in [5, 5.41) is 0. The van der Waals surface area contributed by atoms with Crippen LogP contribution >= 0.6 is 11.6 Å². The van der Waals surface area contributed by atoms with E-state index in [0.29, 0.717) is 0 Å². The SMILES string of the molecule is C=CCCCC=CCCCCCCCCCCl. The molecule has 0 atom stereocenters. The molecule has 0 saturated heterocycles. The second-order valence-electron chi connectivity index (χ2n) is 4.64. The van der Waals surface area contributed by atoms with Crippen LogP contribution in [0.15, 0.2) is 24.8 Å². The first-order valence-electron chi connectivity index (χ1n) is 7.23. The summed E-state index contributed by atoms with van der Waals surface area (Å²) in [6, 6.07) is 0. The van der Waals surface area contributed by atoms with Crippen molar-refractivity contribution in [2.24, 2.45) is 0 Å². The van der Waals surface area contributed by atoms with Crippen LogP contribution in [0.2, 0.25) is 0 Å². The molecule has 0 aliphatic carbocycles. The van der Waals surface area contributed by atoms with E-state index >= 15 is 0 Å². The van der Waals surface area contributed by atoms with Crippen LogP contribution in [0, 0.1) is 0 Å². The van der Waals surface area contributed by atoms with Gasteiger partial charge in [-0.05, 0) is 38.5 Å². The summed E-state index contributed by atoms with van der Waals surface area (Å²) in [6.45, 7) is 3.72. The highest BCUT2D eigenvalue weighted by Crippen LogP contribution is 2.09. The van der Waals surface area contributed by atoms with Gasteiger partial charge in [-0.1, -0.05) is 50.3 Å². The van der Waals surface area contributed by atoms with E-state index < -0.39 is 0 Å². The summed E-state index contributed by atoms with van der Waals surface area (Å²) in [6.07, 6.45) is 20.9. The normalized spacial score (nSPS) is 11.1. The lowest BCUT2D eigenvalue weighted by Gasteiger charge is -1.99. The van der Waals surface area contributed by atoms with Gasteiger partial charge in [-0.2, -0.15) is 0 Å². The summed E-state index contributed by atoms with van der Waals surface area (Å²) < 4.78 is 0. The third kappa shape index (κ3) is 15.8. The van der Waals surface area contributed by atoms with Crippen LogP contribution in [0.5, 0.6) is 0 Å². The molecule has 0 heterocycles.